The molecule has 0 radical (unpaired) electrons. The fourth-order valence-electron chi connectivity index (χ4n) is 1.99. The molecule has 0 spiro atoms. The largest absolute Gasteiger partial charge is 0.481 e. The van der Waals surface area contributed by atoms with E-state index in [1.807, 2.05) is 32.0 Å². The van der Waals surface area contributed by atoms with Crippen molar-refractivity contribution < 1.29 is 9.53 Å². The third-order valence-corrected chi connectivity index (χ3v) is 4.14. The standard InChI is InChI=1S/C16H14BrCl2NO2/c1-9-4-3-5-10(2)15(9)20-14(21)8-22-16-12(17)6-11(18)7-13(16)19/h3-7H,8H2,1-2H3,(H,20,21). The van der Waals surface area contributed by atoms with E-state index in [1.54, 1.807) is 12.1 Å². The minimum absolute atomic E-state index is 0.145. The van der Waals surface area contributed by atoms with Crippen LogP contribution < -0.4 is 10.1 Å². The van der Waals surface area contributed by atoms with Gasteiger partial charge in [-0.2, -0.15) is 0 Å². The Morgan fingerprint density at radius 2 is 1.86 bits per heavy atom. The van der Waals surface area contributed by atoms with Crippen molar-refractivity contribution in [3.63, 3.8) is 0 Å². The molecule has 2 aromatic carbocycles. The van der Waals surface area contributed by atoms with Gasteiger partial charge in [0.2, 0.25) is 0 Å². The van der Waals surface area contributed by atoms with E-state index in [9.17, 15) is 4.79 Å². The fourth-order valence-corrected chi connectivity index (χ4v) is 3.36. The van der Waals surface area contributed by atoms with E-state index in [0.29, 0.717) is 20.3 Å². The van der Waals surface area contributed by atoms with Crippen LogP contribution in [0.2, 0.25) is 10.0 Å². The number of benzene rings is 2. The van der Waals surface area contributed by atoms with Crippen LogP contribution in [0.5, 0.6) is 5.75 Å². The van der Waals surface area contributed by atoms with Gasteiger partial charge in [-0.1, -0.05) is 41.4 Å². The minimum atomic E-state index is -0.254. The topological polar surface area (TPSA) is 38.3 Å². The Morgan fingerprint density at radius 1 is 1.23 bits per heavy atom. The van der Waals surface area contributed by atoms with E-state index in [2.05, 4.69) is 21.2 Å². The predicted octanol–water partition coefficient (Wildman–Crippen LogP) is 5.39. The number of amides is 1. The molecule has 0 atom stereocenters. The third-order valence-electron chi connectivity index (χ3n) is 3.06. The number of halogens is 3. The van der Waals surface area contributed by atoms with Gasteiger partial charge in [-0.05, 0) is 53.0 Å². The SMILES string of the molecule is Cc1cccc(C)c1NC(=O)COc1c(Cl)cc(Cl)cc1Br. The average molecular weight is 403 g/mol. The van der Waals surface area contributed by atoms with Gasteiger partial charge in [-0.25, -0.2) is 0 Å². The summed E-state index contributed by atoms with van der Waals surface area (Å²) in [6.45, 7) is 3.74. The first-order chi connectivity index (χ1) is 10.4. The highest BCUT2D eigenvalue weighted by Gasteiger charge is 2.12. The van der Waals surface area contributed by atoms with Crippen LogP contribution in [0, 0.1) is 13.8 Å². The van der Waals surface area contributed by atoms with Gasteiger partial charge in [0.1, 0.15) is 0 Å². The third kappa shape index (κ3) is 4.15. The van der Waals surface area contributed by atoms with Crippen molar-refractivity contribution in [3.05, 3.63) is 56.0 Å². The lowest BCUT2D eigenvalue weighted by atomic mass is 10.1. The number of hydrogen-bond donors (Lipinski definition) is 1. The van der Waals surface area contributed by atoms with Crippen LogP contribution in [-0.4, -0.2) is 12.5 Å². The molecule has 6 heteroatoms. The molecule has 0 bridgehead atoms. The highest BCUT2D eigenvalue weighted by molar-refractivity contribution is 9.10. The zero-order chi connectivity index (χ0) is 16.3. The lowest BCUT2D eigenvalue weighted by Gasteiger charge is -2.13. The molecule has 0 aliphatic heterocycles. The monoisotopic (exact) mass is 401 g/mol. The molecule has 3 nitrogen and oxygen atoms in total. The summed E-state index contributed by atoms with van der Waals surface area (Å²) in [5.41, 5.74) is 2.80. The second kappa shape index (κ2) is 7.36. The van der Waals surface area contributed by atoms with Crippen LogP contribution in [-0.2, 0) is 4.79 Å². The zero-order valence-electron chi connectivity index (χ0n) is 12.0. The van der Waals surface area contributed by atoms with Gasteiger partial charge in [-0.15, -0.1) is 0 Å². The molecule has 22 heavy (non-hydrogen) atoms. The first-order valence-electron chi connectivity index (χ1n) is 6.52. The summed E-state index contributed by atoms with van der Waals surface area (Å²) in [5, 5.41) is 3.69. The van der Waals surface area contributed by atoms with E-state index >= 15 is 0 Å². The smallest absolute Gasteiger partial charge is 0.262 e. The molecule has 116 valence electrons. The molecule has 0 aromatic heterocycles. The molecule has 0 aliphatic carbocycles. The first kappa shape index (κ1) is 17.1. The highest BCUT2D eigenvalue weighted by atomic mass is 79.9. The summed E-state index contributed by atoms with van der Waals surface area (Å²) in [7, 11) is 0. The van der Waals surface area contributed by atoms with Crippen molar-refractivity contribution in [1.82, 2.24) is 0 Å². The molecule has 0 aliphatic rings. The van der Waals surface area contributed by atoms with Gasteiger partial charge in [0, 0.05) is 10.7 Å². The van der Waals surface area contributed by atoms with Crippen LogP contribution in [0.25, 0.3) is 0 Å². The van der Waals surface area contributed by atoms with Crippen LogP contribution >= 0.6 is 39.1 Å². The molecule has 0 saturated carbocycles. The molecule has 1 N–H and O–H groups in total. The summed E-state index contributed by atoms with van der Waals surface area (Å²) in [6, 6.07) is 9.05. The van der Waals surface area contributed by atoms with Crippen molar-refractivity contribution in [2.75, 3.05) is 11.9 Å². The lowest BCUT2D eigenvalue weighted by molar-refractivity contribution is -0.118. The van der Waals surface area contributed by atoms with Gasteiger partial charge < -0.3 is 10.1 Å². The summed E-state index contributed by atoms with van der Waals surface area (Å²) < 4.78 is 6.09. The van der Waals surface area contributed by atoms with Crippen molar-refractivity contribution in [3.8, 4) is 5.75 Å². The second-order valence-corrected chi connectivity index (χ2v) is 6.50. The van der Waals surface area contributed by atoms with E-state index < -0.39 is 0 Å². The van der Waals surface area contributed by atoms with E-state index in [4.69, 9.17) is 27.9 Å². The van der Waals surface area contributed by atoms with E-state index in [-0.39, 0.29) is 12.5 Å². The Hall–Kier alpha value is -1.23. The van der Waals surface area contributed by atoms with Gasteiger partial charge in [0.05, 0.1) is 9.50 Å². The number of ether oxygens (including phenoxy) is 1. The number of carbonyl (C=O) groups is 1. The maximum Gasteiger partial charge on any atom is 0.262 e. The maximum absolute atomic E-state index is 12.1. The number of aryl methyl sites for hydroxylation is 2. The average Bonchev–Trinajstić information content (AvgIpc) is 2.42. The van der Waals surface area contributed by atoms with E-state index in [1.165, 1.54) is 0 Å². The van der Waals surface area contributed by atoms with Gasteiger partial charge in [0.15, 0.2) is 12.4 Å². The quantitative estimate of drug-likeness (QED) is 0.744. The Kier molecular flexibility index (Phi) is 5.73. The van der Waals surface area contributed by atoms with Crippen molar-refractivity contribution in [2.45, 2.75) is 13.8 Å². The maximum atomic E-state index is 12.1. The normalized spacial score (nSPS) is 10.4. The second-order valence-electron chi connectivity index (χ2n) is 4.80. The summed E-state index contributed by atoms with van der Waals surface area (Å²) in [6.07, 6.45) is 0. The Balaban J connectivity index is 2.05. The molecule has 2 aromatic rings. The highest BCUT2D eigenvalue weighted by Crippen LogP contribution is 2.36. The summed E-state index contributed by atoms with van der Waals surface area (Å²) in [5.74, 6) is 0.137. The van der Waals surface area contributed by atoms with Crippen LogP contribution in [0.4, 0.5) is 5.69 Å². The molecule has 1 amide bonds. The predicted molar refractivity (Wildman–Crippen MR) is 94.2 cm³/mol. The number of anilines is 1. The Labute approximate surface area is 147 Å². The molecule has 2 rings (SSSR count). The number of carbonyl (C=O) groups excluding carboxylic acids is 1. The van der Waals surface area contributed by atoms with E-state index in [0.717, 1.165) is 16.8 Å². The summed E-state index contributed by atoms with van der Waals surface area (Å²) >= 11 is 15.2. The zero-order valence-corrected chi connectivity index (χ0v) is 15.1. The number of para-hydroxylation sites is 1. The molecule has 0 saturated heterocycles. The van der Waals surface area contributed by atoms with Crippen LogP contribution in [0.15, 0.2) is 34.8 Å². The molecule has 0 fully saturated rings. The minimum Gasteiger partial charge on any atom is -0.481 e. The van der Waals surface area contributed by atoms with Crippen LogP contribution in [0.1, 0.15) is 11.1 Å². The lowest BCUT2D eigenvalue weighted by Crippen LogP contribution is -2.21. The number of hydrogen-bond acceptors (Lipinski definition) is 2. The first-order valence-corrected chi connectivity index (χ1v) is 8.07. The van der Waals surface area contributed by atoms with Crippen molar-refractivity contribution in [2.24, 2.45) is 0 Å². The fraction of sp³-hybridized carbons (Fsp3) is 0.188. The molecular weight excluding hydrogens is 389 g/mol. The van der Waals surface area contributed by atoms with Crippen molar-refractivity contribution in [1.29, 1.82) is 0 Å². The van der Waals surface area contributed by atoms with Gasteiger partial charge >= 0.3 is 0 Å². The van der Waals surface area contributed by atoms with Gasteiger partial charge in [0.25, 0.3) is 5.91 Å². The molecule has 0 unspecified atom stereocenters. The molecule has 0 heterocycles. The van der Waals surface area contributed by atoms with Crippen LogP contribution in [0.3, 0.4) is 0 Å². The van der Waals surface area contributed by atoms with Gasteiger partial charge in [-0.3, -0.25) is 4.79 Å². The molecular formula is C16H14BrCl2NO2. The number of nitrogens with one attached hydrogen (secondary N) is 1. The Morgan fingerprint density at radius 3 is 2.45 bits per heavy atom. The van der Waals surface area contributed by atoms with Crippen molar-refractivity contribution >= 4 is 50.7 Å². The Bertz CT molecular complexity index is 676. The summed E-state index contributed by atoms with van der Waals surface area (Å²) in [4.78, 5) is 12.1. The number of rotatable bonds is 4.